The smallest absolute Gasteiger partial charge is 0.214 e. The van der Waals surface area contributed by atoms with Crippen molar-refractivity contribution < 1.29 is 18.9 Å². The monoisotopic (exact) mass is 416 g/mol. The van der Waals surface area contributed by atoms with Crippen molar-refractivity contribution in [3.05, 3.63) is 83.4 Å². The second-order valence-electron chi connectivity index (χ2n) is 7.48. The van der Waals surface area contributed by atoms with E-state index in [1.165, 1.54) is 0 Å². The number of benzene rings is 3. The van der Waals surface area contributed by atoms with Gasteiger partial charge in [0, 0.05) is 23.1 Å². The van der Waals surface area contributed by atoms with Crippen molar-refractivity contribution in [2.45, 2.75) is 18.7 Å². The topological polar surface area (TPSA) is 52.5 Å². The summed E-state index contributed by atoms with van der Waals surface area (Å²) in [7, 11) is 4.95. The zero-order valence-electron chi connectivity index (χ0n) is 17.7. The van der Waals surface area contributed by atoms with Gasteiger partial charge in [-0.2, -0.15) is 5.10 Å². The largest absolute Gasteiger partial charge is 0.493 e. The molecule has 2 heterocycles. The molecule has 158 valence electrons. The highest BCUT2D eigenvalue weighted by Crippen LogP contribution is 2.50. The first-order chi connectivity index (χ1) is 15.2. The van der Waals surface area contributed by atoms with Crippen LogP contribution in [-0.4, -0.2) is 32.0 Å². The van der Waals surface area contributed by atoms with Gasteiger partial charge in [-0.1, -0.05) is 42.5 Å². The van der Waals surface area contributed by atoms with Crippen LogP contribution in [0.15, 0.2) is 71.8 Å². The van der Waals surface area contributed by atoms with Crippen LogP contribution in [0.25, 0.3) is 0 Å². The zero-order valence-corrected chi connectivity index (χ0v) is 17.7. The fraction of sp³-hybridized carbons (Fsp3) is 0.240. The van der Waals surface area contributed by atoms with E-state index in [0.29, 0.717) is 11.5 Å². The van der Waals surface area contributed by atoms with Gasteiger partial charge in [-0.25, -0.2) is 5.01 Å². The lowest BCUT2D eigenvalue weighted by Gasteiger charge is -2.38. The van der Waals surface area contributed by atoms with Gasteiger partial charge in [-0.15, -0.1) is 0 Å². The summed E-state index contributed by atoms with van der Waals surface area (Å²) in [6, 6.07) is 22.1. The number of rotatable bonds is 5. The molecule has 0 spiro atoms. The second kappa shape index (κ2) is 7.87. The second-order valence-corrected chi connectivity index (χ2v) is 7.48. The van der Waals surface area contributed by atoms with E-state index in [9.17, 15) is 0 Å². The molecule has 0 N–H and O–H groups in total. The molecule has 6 heteroatoms. The Bertz CT molecular complexity index is 1130. The number of ether oxygens (including phenoxy) is 4. The molecule has 3 aromatic rings. The predicted molar refractivity (Wildman–Crippen MR) is 118 cm³/mol. The van der Waals surface area contributed by atoms with Crippen molar-refractivity contribution in [1.29, 1.82) is 0 Å². The lowest BCUT2D eigenvalue weighted by atomic mass is 9.95. The van der Waals surface area contributed by atoms with E-state index >= 15 is 0 Å². The number of para-hydroxylation sites is 1. The molecule has 0 bridgehead atoms. The minimum atomic E-state index is -0.340. The van der Waals surface area contributed by atoms with Crippen molar-refractivity contribution in [3.8, 4) is 23.0 Å². The van der Waals surface area contributed by atoms with Gasteiger partial charge in [0.25, 0.3) is 0 Å². The van der Waals surface area contributed by atoms with E-state index in [2.05, 4.69) is 23.2 Å². The third-order valence-corrected chi connectivity index (χ3v) is 5.80. The Labute approximate surface area is 181 Å². The van der Waals surface area contributed by atoms with Gasteiger partial charge in [0.05, 0.1) is 33.1 Å². The zero-order chi connectivity index (χ0) is 21.4. The standard InChI is InChI=1S/C25H24N2O4/c1-28-21-13-12-17(14-23(21)30-3)19-15-20-18-10-7-11-22(29-2)24(18)31-25(27(20)26-19)16-8-5-4-6-9-16/h4-14,20,25H,15H2,1-3H3/t20-,25-/m0/s1. The van der Waals surface area contributed by atoms with Crippen molar-refractivity contribution in [2.24, 2.45) is 5.10 Å². The average Bonchev–Trinajstić information content (AvgIpc) is 3.29. The molecule has 0 aliphatic carbocycles. The van der Waals surface area contributed by atoms with Crippen molar-refractivity contribution in [3.63, 3.8) is 0 Å². The van der Waals surface area contributed by atoms with Gasteiger partial charge >= 0.3 is 0 Å². The first kappa shape index (κ1) is 19.3. The summed E-state index contributed by atoms with van der Waals surface area (Å²) in [5.74, 6) is 2.90. The Hall–Kier alpha value is -3.67. The summed E-state index contributed by atoms with van der Waals surface area (Å²) < 4.78 is 23.0. The molecule has 0 aromatic heterocycles. The van der Waals surface area contributed by atoms with Crippen LogP contribution in [0, 0.1) is 0 Å². The van der Waals surface area contributed by atoms with E-state index in [1.54, 1.807) is 21.3 Å². The van der Waals surface area contributed by atoms with Gasteiger partial charge in [0.15, 0.2) is 23.0 Å². The lowest BCUT2D eigenvalue weighted by molar-refractivity contribution is -0.0209. The summed E-state index contributed by atoms with van der Waals surface area (Å²) >= 11 is 0. The third-order valence-electron chi connectivity index (χ3n) is 5.80. The summed E-state index contributed by atoms with van der Waals surface area (Å²) in [6.45, 7) is 0. The minimum Gasteiger partial charge on any atom is -0.493 e. The first-order valence-electron chi connectivity index (χ1n) is 10.2. The maximum Gasteiger partial charge on any atom is 0.214 e. The number of hydrazone groups is 1. The Morgan fingerprint density at radius 2 is 1.61 bits per heavy atom. The molecule has 0 unspecified atom stereocenters. The molecule has 2 atom stereocenters. The van der Waals surface area contributed by atoms with Gasteiger partial charge in [-0.05, 0) is 24.3 Å². The molecule has 2 aliphatic rings. The molecule has 0 amide bonds. The van der Waals surface area contributed by atoms with Crippen molar-refractivity contribution in [1.82, 2.24) is 5.01 Å². The van der Waals surface area contributed by atoms with E-state index in [1.807, 2.05) is 48.5 Å². The van der Waals surface area contributed by atoms with E-state index < -0.39 is 0 Å². The van der Waals surface area contributed by atoms with Crippen LogP contribution in [0.4, 0.5) is 0 Å². The number of nitrogens with zero attached hydrogens (tertiary/aromatic N) is 2. The van der Waals surface area contributed by atoms with Crippen molar-refractivity contribution >= 4 is 5.71 Å². The lowest BCUT2D eigenvalue weighted by Crippen LogP contribution is -2.33. The molecular weight excluding hydrogens is 392 g/mol. The number of hydrogen-bond donors (Lipinski definition) is 0. The molecule has 0 saturated heterocycles. The molecule has 3 aromatic carbocycles. The van der Waals surface area contributed by atoms with Crippen LogP contribution in [0.1, 0.15) is 35.4 Å². The van der Waals surface area contributed by atoms with Crippen LogP contribution >= 0.6 is 0 Å². The number of fused-ring (bicyclic) bond motifs is 3. The van der Waals surface area contributed by atoms with E-state index in [4.69, 9.17) is 24.0 Å². The molecule has 0 saturated carbocycles. The SMILES string of the molecule is COc1ccc(C2=NN3[C@@H](C2)c2cccc(OC)c2O[C@H]3c2ccccc2)cc1OC. The molecule has 5 rings (SSSR count). The molecule has 0 radical (unpaired) electrons. The highest BCUT2D eigenvalue weighted by Gasteiger charge is 2.42. The van der Waals surface area contributed by atoms with E-state index in [-0.39, 0.29) is 12.3 Å². The highest BCUT2D eigenvalue weighted by molar-refractivity contribution is 6.02. The Balaban J connectivity index is 1.60. The van der Waals surface area contributed by atoms with Gasteiger partial charge in [0.1, 0.15) is 0 Å². The fourth-order valence-corrected chi connectivity index (χ4v) is 4.27. The Morgan fingerprint density at radius 3 is 2.35 bits per heavy atom. The van der Waals surface area contributed by atoms with Crippen LogP contribution in [0.2, 0.25) is 0 Å². The predicted octanol–water partition coefficient (Wildman–Crippen LogP) is 4.95. The maximum absolute atomic E-state index is 6.47. The summed E-state index contributed by atoms with van der Waals surface area (Å²) in [5, 5.41) is 7.07. The van der Waals surface area contributed by atoms with Gasteiger partial charge < -0.3 is 18.9 Å². The first-order valence-corrected chi connectivity index (χ1v) is 10.2. The van der Waals surface area contributed by atoms with Crippen LogP contribution in [0.3, 0.4) is 0 Å². The van der Waals surface area contributed by atoms with Crippen LogP contribution in [-0.2, 0) is 0 Å². The maximum atomic E-state index is 6.47. The quantitative estimate of drug-likeness (QED) is 0.589. The minimum absolute atomic E-state index is 0.0483. The molecule has 31 heavy (non-hydrogen) atoms. The molecule has 2 aliphatic heterocycles. The average molecular weight is 416 g/mol. The van der Waals surface area contributed by atoms with Crippen LogP contribution in [0.5, 0.6) is 23.0 Å². The highest BCUT2D eigenvalue weighted by atomic mass is 16.5. The Morgan fingerprint density at radius 1 is 0.839 bits per heavy atom. The van der Waals surface area contributed by atoms with Crippen molar-refractivity contribution in [2.75, 3.05) is 21.3 Å². The van der Waals surface area contributed by atoms with Gasteiger partial charge in [0.2, 0.25) is 6.23 Å². The van der Waals surface area contributed by atoms with Crippen LogP contribution < -0.4 is 18.9 Å². The Kier molecular flexibility index (Phi) is 4.90. The molecule has 0 fully saturated rings. The summed E-state index contributed by atoms with van der Waals surface area (Å²) in [5.41, 5.74) is 4.10. The molecular formula is C25H24N2O4. The summed E-state index contributed by atoms with van der Waals surface area (Å²) in [6.07, 6.45) is 0.412. The third kappa shape index (κ3) is 3.24. The number of hydrogen-bond acceptors (Lipinski definition) is 6. The number of methoxy groups -OCH3 is 3. The normalized spacial score (nSPS) is 19.1. The molecule has 6 nitrogen and oxygen atoms in total. The van der Waals surface area contributed by atoms with Gasteiger partial charge in [-0.3, -0.25) is 0 Å². The fourth-order valence-electron chi connectivity index (χ4n) is 4.27. The summed E-state index contributed by atoms with van der Waals surface area (Å²) in [4.78, 5) is 0. The van der Waals surface area contributed by atoms with E-state index in [0.717, 1.165) is 40.3 Å².